The van der Waals surface area contributed by atoms with Crippen molar-refractivity contribution in [3.05, 3.63) is 11.1 Å². The SMILES string of the molecule is O=C1C=C(Cl)C(=O)CC(=O)O1. The maximum atomic E-state index is 10.7. The number of halogens is 1. The Balaban J connectivity index is 2.92. The predicted molar refractivity (Wildman–Crippen MR) is 34.7 cm³/mol. The summed E-state index contributed by atoms with van der Waals surface area (Å²) in [5, 5.41) is -0.263. The summed E-state index contributed by atoms with van der Waals surface area (Å²) in [6.07, 6.45) is 0.315. The summed E-state index contributed by atoms with van der Waals surface area (Å²) in [5.74, 6) is -2.36. The summed E-state index contributed by atoms with van der Waals surface area (Å²) in [5.41, 5.74) is 0. The normalized spacial score (nSPS) is 19.0. The van der Waals surface area contributed by atoms with Crippen LogP contribution in [0.1, 0.15) is 6.42 Å². The fraction of sp³-hybridized carbons (Fsp3) is 0.167. The van der Waals surface area contributed by atoms with Crippen molar-refractivity contribution >= 4 is 29.3 Å². The van der Waals surface area contributed by atoms with Crippen molar-refractivity contribution < 1.29 is 19.1 Å². The third-order valence-corrected chi connectivity index (χ3v) is 1.35. The Morgan fingerprint density at radius 2 is 2.00 bits per heavy atom. The number of allylic oxidation sites excluding steroid dienone is 1. The average Bonchev–Trinajstić information content (AvgIpc) is 1.93. The molecule has 1 aliphatic heterocycles. The molecule has 0 bridgehead atoms. The number of Topliss-reactive ketones (excluding diaryl/α,β-unsaturated/α-hetero) is 1. The lowest BCUT2D eigenvalue weighted by atomic mass is 10.3. The lowest BCUT2D eigenvalue weighted by molar-refractivity contribution is -0.155. The zero-order chi connectivity index (χ0) is 8.43. The van der Waals surface area contributed by atoms with Crippen molar-refractivity contribution in [2.75, 3.05) is 0 Å². The minimum absolute atomic E-state index is 0.263. The Labute approximate surface area is 66.8 Å². The lowest BCUT2D eigenvalue weighted by Crippen LogP contribution is -2.09. The van der Waals surface area contributed by atoms with Crippen molar-refractivity contribution in [2.45, 2.75) is 6.42 Å². The highest BCUT2D eigenvalue weighted by Gasteiger charge is 2.21. The second-order valence-electron chi connectivity index (χ2n) is 1.89. The Hall–Kier alpha value is -1.16. The zero-order valence-electron chi connectivity index (χ0n) is 5.30. The first-order valence-electron chi connectivity index (χ1n) is 2.74. The van der Waals surface area contributed by atoms with Crippen LogP contribution in [0.15, 0.2) is 11.1 Å². The van der Waals surface area contributed by atoms with E-state index in [0.29, 0.717) is 0 Å². The molecule has 1 aliphatic rings. The average molecular weight is 175 g/mol. The molecule has 1 heterocycles. The van der Waals surface area contributed by atoms with Crippen LogP contribution in [0.4, 0.5) is 0 Å². The van der Waals surface area contributed by atoms with E-state index in [1.807, 2.05) is 0 Å². The molecule has 4 nitrogen and oxygen atoms in total. The smallest absolute Gasteiger partial charge is 0.340 e. The summed E-state index contributed by atoms with van der Waals surface area (Å²) in [7, 11) is 0. The number of cyclic esters (lactones) is 2. The highest BCUT2D eigenvalue weighted by Crippen LogP contribution is 2.10. The molecule has 0 saturated heterocycles. The van der Waals surface area contributed by atoms with E-state index < -0.39 is 24.1 Å². The largest absolute Gasteiger partial charge is 0.389 e. The van der Waals surface area contributed by atoms with Crippen LogP contribution >= 0.6 is 11.6 Å². The second kappa shape index (κ2) is 2.84. The number of ketones is 1. The van der Waals surface area contributed by atoms with Crippen LogP contribution < -0.4 is 0 Å². The van der Waals surface area contributed by atoms with Crippen LogP contribution in [0.5, 0.6) is 0 Å². The zero-order valence-corrected chi connectivity index (χ0v) is 6.05. The number of carbonyl (C=O) groups is 3. The van der Waals surface area contributed by atoms with Crippen molar-refractivity contribution in [3.8, 4) is 0 Å². The number of carbonyl (C=O) groups excluding carboxylic acids is 3. The van der Waals surface area contributed by atoms with Gasteiger partial charge in [0.25, 0.3) is 0 Å². The van der Waals surface area contributed by atoms with Crippen LogP contribution in [0.3, 0.4) is 0 Å². The third-order valence-electron chi connectivity index (χ3n) is 1.03. The van der Waals surface area contributed by atoms with Gasteiger partial charge in [-0.15, -0.1) is 0 Å². The standard InChI is InChI=1S/C6H3ClO4/c7-3-1-5(9)11-6(10)2-4(3)8/h1H,2H2. The molecule has 0 spiro atoms. The molecule has 0 fully saturated rings. The number of ether oxygens (including phenoxy) is 1. The maximum Gasteiger partial charge on any atom is 0.340 e. The maximum absolute atomic E-state index is 10.7. The van der Waals surface area contributed by atoms with E-state index in [-0.39, 0.29) is 5.03 Å². The van der Waals surface area contributed by atoms with E-state index in [2.05, 4.69) is 4.74 Å². The first-order valence-corrected chi connectivity index (χ1v) is 3.12. The molecule has 0 aromatic rings. The molecule has 58 valence electrons. The van der Waals surface area contributed by atoms with Crippen molar-refractivity contribution in [1.82, 2.24) is 0 Å². The molecular weight excluding hydrogens is 172 g/mol. The highest BCUT2D eigenvalue weighted by atomic mass is 35.5. The molecular formula is C6H3ClO4. The summed E-state index contributed by atoms with van der Waals surface area (Å²) < 4.78 is 4.09. The van der Waals surface area contributed by atoms with Crippen molar-refractivity contribution in [2.24, 2.45) is 0 Å². The summed E-state index contributed by atoms with van der Waals surface area (Å²) in [6.45, 7) is 0. The Bertz CT molecular complexity index is 266. The van der Waals surface area contributed by atoms with Crippen LogP contribution in [0.25, 0.3) is 0 Å². The number of hydrogen-bond acceptors (Lipinski definition) is 4. The summed E-state index contributed by atoms with van der Waals surface area (Å²) in [4.78, 5) is 31.7. The number of rotatable bonds is 0. The van der Waals surface area contributed by atoms with E-state index in [9.17, 15) is 14.4 Å². The molecule has 5 heteroatoms. The Kier molecular flexibility index (Phi) is 2.05. The first kappa shape index (κ1) is 7.94. The molecule has 0 aliphatic carbocycles. The molecule has 0 aromatic carbocycles. The monoisotopic (exact) mass is 174 g/mol. The molecule has 0 atom stereocenters. The van der Waals surface area contributed by atoms with Crippen LogP contribution in [-0.2, 0) is 19.1 Å². The third kappa shape index (κ3) is 1.88. The fourth-order valence-corrected chi connectivity index (χ4v) is 0.733. The molecule has 0 radical (unpaired) electrons. The fourth-order valence-electron chi connectivity index (χ4n) is 0.577. The predicted octanol–water partition coefficient (Wildman–Crippen LogP) is 0.152. The minimum Gasteiger partial charge on any atom is -0.389 e. The van der Waals surface area contributed by atoms with Crippen LogP contribution in [0, 0.1) is 0 Å². The first-order chi connectivity index (χ1) is 5.09. The van der Waals surface area contributed by atoms with E-state index in [0.717, 1.165) is 6.08 Å². The van der Waals surface area contributed by atoms with Gasteiger partial charge in [-0.05, 0) is 0 Å². The second-order valence-corrected chi connectivity index (χ2v) is 2.29. The number of hydrogen-bond donors (Lipinski definition) is 0. The molecule has 0 saturated carbocycles. The van der Waals surface area contributed by atoms with E-state index in [4.69, 9.17) is 11.6 Å². The van der Waals surface area contributed by atoms with Gasteiger partial charge in [-0.3, -0.25) is 9.59 Å². The molecule has 0 unspecified atom stereocenters. The topological polar surface area (TPSA) is 60.4 Å². The van der Waals surface area contributed by atoms with E-state index in [1.54, 1.807) is 0 Å². The lowest BCUT2D eigenvalue weighted by Gasteiger charge is -1.91. The van der Waals surface area contributed by atoms with Crippen molar-refractivity contribution in [3.63, 3.8) is 0 Å². The van der Waals surface area contributed by atoms with Gasteiger partial charge in [0.05, 0.1) is 5.03 Å². The Morgan fingerprint density at radius 1 is 1.36 bits per heavy atom. The molecule has 1 rings (SSSR count). The van der Waals surface area contributed by atoms with Gasteiger partial charge in [-0.2, -0.15) is 0 Å². The van der Waals surface area contributed by atoms with Gasteiger partial charge in [0, 0.05) is 6.08 Å². The van der Waals surface area contributed by atoms with Gasteiger partial charge in [-0.1, -0.05) is 11.6 Å². The highest BCUT2D eigenvalue weighted by molar-refractivity contribution is 6.45. The van der Waals surface area contributed by atoms with Gasteiger partial charge < -0.3 is 4.74 Å². The van der Waals surface area contributed by atoms with Gasteiger partial charge in [0.1, 0.15) is 6.42 Å². The van der Waals surface area contributed by atoms with Crippen molar-refractivity contribution in [1.29, 1.82) is 0 Å². The van der Waals surface area contributed by atoms with Gasteiger partial charge >= 0.3 is 11.9 Å². The number of esters is 2. The van der Waals surface area contributed by atoms with Gasteiger partial charge in [0.2, 0.25) is 0 Å². The van der Waals surface area contributed by atoms with Gasteiger partial charge in [-0.25, -0.2) is 4.79 Å². The summed E-state index contributed by atoms with van der Waals surface area (Å²) >= 11 is 5.29. The van der Waals surface area contributed by atoms with E-state index >= 15 is 0 Å². The van der Waals surface area contributed by atoms with Gasteiger partial charge in [0.15, 0.2) is 5.78 Å². The molecule has 0 amide bonds. The molecule has 0 aromatic heterocycles. The van der Waals surface area contributed by atoms with Crippen LogP contribution in [-0.4, -0.2) is 17.7 Å². The van der Waals surface area contributed by atoms with E-state index in [1.165, 1.54) is 0 Å². The quantitative estimate of drug-likeness (QED) is 0.388. The minimum atomic E-state index is -0.897. The summed E-state index contributed by atoms with van der Waals surface area (Å²) in [6, 6.07) is 0. The van der Waals surface area contributed by atoms with Crippen LogP contribution in [0.2, 0.25) is 0 Å². The molecule has 0 N–H and O–H groups in total. The molecule has 11 heavy (non-hydrogen) atoms. The Morgan fingerprint density at radius 3 is 2.64 bits per heavy atom.